The van der Waals surface area contributed by atoms with Crippen LogP contribution >= 0.6 is 0 Å². The molecular formula is C15H14O2. The van der Waals surface area contributed by atoms with Gasteiger partial charge in [0.15, 0.2) is 0 Å². The summed E-state index contributed by atoms with van der Waals surface area (Å²) in [7, 11) is 1.63. The smallest absolute Gasteiger partial charge is 0.131 e. The minimum absolute atomic E-state index is 0.206. The molecule has 0 unspecified atom stereocenters. The van der Waals surface area contributed by atoms with Crippen molar-refractivity contribution in [3.8, 4) is 5.75 Å². The number of carbonyl (C=O) groups excluding carboxylic acids is 1. The van der Waals surface area contributed by atoms with Gasteiger partial charge in [0, 0.05) is 0 Å². The van der Waals surface area contributed by atoms with Crippen molar-refractivity contribution in [3.05, 3.63) is 65.7 Å². The van der Waals surface area contributed by atoms with E-state index in [0.717, 1.165) is 23.2 Å². The number of methoxy groups -OCH3 is 1. The van der Waals surface area contributed by atoms with Gasteiger partial charge in [0.05, 0.1) is 13.0 Å². The number of hydrogen-bond acceptors (Lipinski definition) is 2. The van der Waals surface area contributed by atoms with E-state index in [2.05, 4.69) is 0 Å². The van der Waals surface area contributed by atoms with Crippen molar-refractivity contribution in [2.75, 3.05) is 7.11 Å². The standard InChI is InChI=1S/C15H14O2/c1-17-14-9-7-13(8-10-14)15(11-16)12-5-3-2-4-6-12/h2-11,15H,1H3/t15-/m0/s1. The average molecular weight is 226 g/mol. The Morgan fingerprint density at radius 3 is 2.06 bits per heavy atom. The van der Waals surface area contributed by atoms with E-state index in [4.69, 9.17) is 4.74 Å². The summed E-state index contributed by atoms with van der Waals surface area (Å²) < 4.78 is 5.10. The molecule has 17 heavy (non-hydrogen) atoms. The van der Waals surface area contributed by atoms with E-state index in [0.29, 0.717) is 0 Å². The van der Waals surface area contributed by atoms with Gasteiger partial charge in [-0.3, -0.25) is 0 Å². The van der Waals surface area contributed by atoms with Gasteiger partial charge in [-0.25, -0.2) is 0 Å². The quantitative estimate of drug-likeness (QED) is 0.749. The van der Waals surface area contributed by atoms with E-state index in [9.17, 15) is 4.79 Å². The second-order valence-corrected chi connectivity index (χ2v) is 3.80. The molecule has 0 saturated carbocycles. The predicted molar refractivity (Wildman–Crippen MR) is 67.3 cm³/mol. The second-order valence-electron chi connectivity index (χ2n) is 3.80. The number of rotatable bonds is 4. The zero-order chi connectivity index (χ0) is 12.1. The monoisotopic (exact) mass is 226 g/mol. The lowest BCUT2D eigenvalue weighted by atomic mass is 9.93. The SMILES string of the molecule is COc1ccc([C@@H](C=O)c2ccccc2)cc1. The molecule has 2 aromatic rings. The van der Waals surface area contributed by atoms with Gasteiger partial charge in [0.2, 0.25) is 0 Å². The third-order valence-electron chi connectivity index (χ3n) is 2.77. The average Bonchev–Trinajstić information content (AvgIpc) is 2.42. The maximum Gasteiger partial charge on any atom is 0.131 e. The van der Waals surface area contributed by atoms with Crippen LogP contribution in [0.5, 0.6) is 5.75 Å². The van der Waals surface area contributed by atoms with Crippen LogP contribution in [0.25, 0.3) is 0 Å². The van der Waals surface area contributed by atoms with Crippen LogP contribution in [0.2, 0.25) is 0 Å². The molecular weight excluding hydrogens is 212 g/mol. The molecule has 0 radical (unpaired) electrons. The van der Waals surface area contributed by atoms with Gasteiger partial charge in [-0.2, -0.15) is 0 Å². The van der Waals surface area contributed by atoms with Crippen molar-refractivity contribution < 1.29 is 9.53 Å². The lowest BCUT2D eigenvalue weighted by Gasteiger charge is -2.11. The maximum absolute atomic E-state index is 11.2. The molecule has 2 rings (SSSR count). The summed E-state index contributed by atoms with van der Waals surface area (Å²) in [4.78, 5) is 11.2. The van der Waals surface area contributed by atoms with E-state index in [1.807, 2.05) is 54.6 Å². The number of carbonyl (C=O) groups is 1. The summed E-state index contributed by atoms with van der Waals surface area (Å²) in [6, 6.07) is 17.3. The summed E-state index contributed by atoms with van der Waals surface area (Å²) in [5, 5.41) is 0. The molecule has 0 amide bonds. The first-order chi connectivity index (χ1) is 8.35. The topological polar surface area (TPSA) is 26.3 Å². The Hall–Kier alpha value is -2.09. The highest BCUT2D eigenvalue weighted by Crippen LogP contribution is 2.24. The van der Waals surface area contributed by atoms with E-state index in [1.54, 1.807) is 7.11 Å². The molecule has 0 fully saturated rings. The van der Waals surface area contributed by atoms with Crippen molar-refractivity contribution in [1.82, 2.24) is 0 Å². The van der Waals surface area contributed by atoms with E-state index in [-0.39, 0.29) is 5.92 Å². The highest BCUT2D eigenvalue weighted by Gasteiger charge is 2.12. The first-order valence-electron chi connectivity index (χ1n) is 5.49. The molecule has 0 aliphatic heterocycles. The molecule has 86 valence electrons. The van der Waals surface area contributed by atoms with Gasteiger partial charge in [-0.1, -0.05) is 42.5 Å². The maximum atomic E-state index is 11.2. The molecule has 2 aromatic carbocycles. The lowest BCUT2D eigenvalue weighted by Crippen LogP contribution is -2.02. The molecule has 1 atom stereocenters. The molecule has 0 heterocycles. The molecule has 0 aliphatic carbocycles. The molecule has 2 nitrogen and oxygen atoms in total. The van der Waals surface area contributed by atoms with E-state index < -0.39 is 0 Å². The summed E-state index contributed by atoms with van der Waals surface area (Å²) in [5.41, 5.74) is 1.99. The van der Waals surface area contributed by atoms with Gasteiger partial charge >= 0.3 is 0 Å². The number of aldehydes is 1. The number of benzene rings is 2. The van der Waals surface area contributed by atoms with E-state index in [1.165, 1.54) is 0 Å². The fourth-order valence-electron chi connectivity index (χ4n) is 1.82. The van der Waals surface area contributed by atoms with Crippen molar-refractivity contribution in [3.63, 3.8) is 0 Å². The Kier molecular flexibility index (Phi) is 3.55. The minimum atomic E-state index is -0.206. The van der Waals surface area contributed by atoms with Gasteiger partial charge in [0.1, 0.15) is 12.0 Å². The summed E-state index contributed by atoms with van der Waals surface area (Å²) in [6.07, 6.45) is 0.969. The largest absolute Gasteiger partial charge is 0.497 e. The Labute approximate surface area is 101 Å². The summed E-state index contributed by atoms with van der Waals surface area (Å²) in [5.74, 6) is 0.591. The van der Waals surface area contributed by atoms with Crippen LogP contribution in [0.3, 0.4) is 0 Å². The summed E-state index contributed by atoms with van der Waals surface area (Å²) >= 11 is 0. The lowest BCUT2D eigenvalue weighted by molar-refractivity contribution is -0.108. The second kappa shape index (κ2) is 5.30. The van der Waals surface area contributed by atoms with Crippen LogP contribution < -0.4 is 4.74 Å². The molecule has 0 N–H and O–H groups in total. The van der Waals surface area contributed by atoms with Crippen LogP contribution in [0.1, 0.15) is 17.0 Å². The molecule has 2 heteroatoms. The van der Waals surface area contributed by atoms with Crippen LogP contribution in [0, 0.1) is 0 Å². The highest BCUT2D eigenvalue weighted by molar-refractivity contribution is 5.68. The zero-order valence-electron chi connectivity index (χ0n) is 9.67. The molecule has 0 bridgehead atoms. The number of ether oxygens (including phenoxy) is 1. The third-order valence-corrected chi connectivity index (χ3v) is 2.77. The van der Waals surface area contributed by atoms with Gasteiger partial charge in [0.25, 0.3) is 0 Å². The van der Waals surface area contributed by atoms with Crippen LogP contribution in [0.15, 0.2) is 54.6 Å². The van der Waals surface area contributed by atoms with Gasteiger partial charge in [-0.15, -0.1) is 0 Å². The van der Waals surface area contributed by atoms with Gasteiger partial charge in [-0.05, 0) is 23.3 Å². The normalized spacial score (nSPS) is 11.8. The van der Waals surface area contributed by atoms with Gasteiger partial charge < -0.3 is 9.53 Å². The highest BCUT2D eigenvalue weighted by atomic mass is 16.5. The van der Waals surface area contributed by atoms with Crippen molar-refractivity contribution in [2.24, 2.45) is 0 Å². The fourth-order valence-corrected chi connectivity index (χ4v) is 1.82. The van der Waals surface area contributed by atoms with Crippen molar-refractivity contribution in [2.45, 2.75) is 5.92 Å². The minimum Gasteiger partial charge on any atom is -0.497 e. The van der Waals surface area contributed by atoms with Crippen molar-refractivity contribution >= 4 is 6.29 Å². The molecule has 0 spiro atoms. The number of hydrogen-bond donors (Lipinski definition) is 0. The van der Waals surface area contributed by atoms with Crippen LogP contribution in [-0.4, -0.2) is 13.4 Å². The fraction of sp³-hybridized carbons (Fsp3) is 0.133. The molecule has 0 saturated heterocycles. The van der Waals surface area contributed by atoms with Crippen molar-refractivity contribution in [1.29, 1.82) is 0 Å². The molecule has 0 aliphatic rings. The summed E-state index contributed by atoms with van der Waals surface area (Å²) in [6.45, 7) is 0. The Morgan fingerprint density at radius 1 is 0.941 bits per heavy atom. The zero-order valence-corrected chi connectivity index (χ0v) is 9.67. The van der Waals surface area contributed by atoms with Crippen LogP contribution in [0.4, 0.5) is 0 Å². The molecule has 0 aromatic heterocycles. The van der Waals surface area contributed by atoms with Crippen LogP contribution in [-0.2, 0) is 4.79 Å². The Morgan fingerprint density at radius 2 is 1.53 bits per heavy atom. The first-order valence-corrected chi connectivity index (χ1v) is 5.49. The predicted octanol–water partition coefficient (Wildman–Crippen LogP) is 3.03. The first kappa shape index (κ1) is 11.4. The Bertz CT molecular complexity index is 474. The Balaban J connectivity index is 2.32. The van der Waals surface area contributed by atoms with E-state index >= 15 is 0 Å². The third kappa shape index (κ3) is 2.53.